The molecule has 90 valence electrons. The molecule has 0 saturated heterocycles. The lowest BCUT2D eigenvalue weighted by Crippen LogP contribution is -2.10. The van der Waals surface area contributed by atoms with Gasteiger partial charge in [-0.25, -0.2) is 0 Å². The molecule has 0 aliphatic carbocycles. The van der Waals surface area contributed by atoms with Gasteiger partial charge in [0.2, 0.25) is 0 Å². The monoisotopic (exact) mass is 235 g/mol. The number of rotatable bonds is 4. The number of nitrogens with zero attached hydrogens (tertiary/aromatic N) is 1. The fraction of sp³-hybridized carbons (Fsp3) is 0.500. The molecule has 1 atom stereocenters. The molecule has 1 aromatic rings. The highest BCUT2D eigenvalue weighted by Crippen LogP contribution is 2.28. The van der Waals surface area contributed by atoms with E-state index < -0.39 is 18.7 Å². The first-order valence-electron chi connectivity index (χ1n) is 4.66. The van der Waals surface area contributed by atoms with Gasteiger partial charge in [-0.05, 0) is 12.5 Å². The Morgan fingerprint density at radius 3 is 2.69 bits per heavy atom. The van der Waals surface area contributed by atoms with Crippen LogP contribution in [0, 0.1) is 0 Å². The summed E-state index contributed by atoms with van der Waals surface area (Å²) in [5, 5.41) is 9.51. The Balaban J connectivity index is 2.62. The molecule has 1 heterocycles. The van der Waals surface area contributed by atoms with E-state index in [1.54, 1.807) is 0 Å². The lowest BCUT2D eigenvalue weighted by Gasteiger charge is -2.12. The summed E-state index contributed by atoms with van der Waals surface area (Å²) in [5.41, 5.74) is 0.323. The zero-order valence-corrected chi connectivity index (χ0v) is 8.66. The lowest BCUT2D eigenvalue weighted by molar-refractivity contribution is -0.140. The van der Waals surface area contributed by atoms with Crippen LogP contribution in [0.4, 0.5) is 13.2 Å². The number of pyridine rings is 1. The van der Waals surface area contributed by atoms with Crippen molar-refractivity contribution in [2.45, 2.75) is 25.1 Å². The van der Waals surface area contributed by atoms with Crippen molar-refractivity contribution < 1.29 is 23.0 Å². The van der Waals surface area contributed by atoms with E-state index in [1.807, 2.05) is 0 Å². The number of methoxy groups -OCH3 is 1. The molecule has 0 aliphatic rings. The second-order valence-electron chi connectivity index (χ2n) is 3.33. The van der Waals surface area contributed by atoms with Crippen LogP contribution in [0.25, 0.3) is 0 Å². The van der Waals surface area contributed by atoms with E-state index >= 15 is 0 Å². The molecular formula is C10H12F3NO2. The quantitative estimate of drug-likeness (QED) is 0.871. The van der Waals surface area contributed by atoms with Gasteiger partial charge in [-0.15, -0.1) is 0 Å². The third kappa shape index (κ3) is 4.06. The third-order valence-corrected chi connectivity index (χ3v) is 2.06. The van der Waals surface area contributed by atoms with Crippen LogP contribution in [-0.4, -0.2) is 23.4 Å². The van der Waals surface area contributed by atoms with Gasteiger partial charge in [-0.2, -0.15) is 13.2 Å². The number of aliphatic hydroxyl groups excluding tert-OH is 1. The second kappa shape index (κ2) is 5.16. The molecule has 1 rings (SSSR count). The SMILES string of the molecule is COc1cncc(C(O)CCC(F)(F)F)c1. The van der Waals surface area contributed by atoms with Gasteiger partial charge in [0.1, 0.15) is 5.75 Å². The normalized spacial score (nSPS) is 13.6. The van der Waals surface area contributed by atoms with Crippen molar-refractivity contribution in [1.82, 2.24) is 4.98 Å². The Kier molecular flexibility index (Phi) is 4.12. The van der Waals surface area contributed by atoms with E-state index in [0.29, 0.717) is 11.3 Å². The molecule has 16 heavy (non-hydrogen) atoms. The summed E-state index contributed by atoms with van der Waals surface area (Å²) < 4.78 is 40.6. The highest BCUT2D eigenvalue weighted by Gasteiger charge is 2.28. The summed E-state index contributed by atoms with van der Waals surface area (Å²) in [6, 6.07) is 1.47. The molecule has 3 nitrogen and oxygen atoms in total. The number of alkyl halides is 3. The molecule has 0 aliphatic heterocycles. The molecule has 0 amide bonds. The summed E-state index contributed by atoms with van der Waals surface area (Å²) in [7, 11) is 1.42. The van der Waals surface area contributed by atoms with Crippen molar-refractivity contribution in [1.29, 1.82) is 0 Å². The molecule has 1 N–H and O–H groups in total. The zero-order chi connectivity index (χ0) is 12.2. The molecule has 0 bridgehead atoms. The Bertz CT molecular complexity index is 341. The number of aliphatic hydroxyl groups is 1. The van der Waals surface area contributed by atoms with Crippen molar-refractivity contribution in [2.24, 2.45) is 0 Å². The van der Waals surface area contributed by atoms with Gasteiger partial charge in [0, 0.05) is 18.2 Å². The predicted octanol–water partition coefficient (Wildman–Crippen LogP) is 2.47. The van der Waals surface area contributed by atoms with Gasteiger partial charge in [0.15, 0.2) is 0 Å². The van der Waals surface area contributed by atoms with E-state index in [2.05, 4.69) is 4.98 Å². The smallest absolute Gasteiger partial charge is 0.389 e. The molecule has 0 spiro atoms. The van der Waals surface area contributed by atoms with E-state index in [9.17, 15) is 18.3 Å². The number of hydrogen-bond donors (Lipinski definition) is 1. The van der Waals surface area contributed by atoms with E-state index in [0.717, 1.165) is 0 Å². The van der Waals surface area contributed by atoms with E-state index in [1.165, 1.54) is 25.6 Å². The molecule has 0 aromatic carbocycles. The summed E-state index contributed by atoms with van der Waals surface area (Å²) in [4.78, 5) is 3.75. The van der Waals surface area contributed by atoms with Gasteiger partial charge in [-0.3, -0.25) is 4.98 Å². The van der Waals surface area contributed by atoms with E-state index in [-0.39, 0.29) is 6.42 Å². The van der Waals surface area contributed by atoms with Crippen LogP contribution in [0.5, 0.6) is 5.75 Å². The highest BCUT2D eigenvalue weighted by atomic mass is 19.4. The maximum absolute atomic E-state index is 11.9. The number of hydrogen-bond acceptors (Lipinski definition) is 3. The predicted molar refractivity (Wildman–Crippen MR) is 51.0 cm³/mol. The fourth-order valence-electron chi connectivity index (χ4n) is 1.20. The molecule has 0 radical (unpaired) electrons. The first kappa shape index (κ1) is 12.8. The van der Waals surface area contributed by atoms with Crippen molar-refractivity contribution in [3.63, 3.8) is 0 Å². The molecule has 1 unspecified atom stereocenters. The van der Waals surface area contributed by atoms with Crippen LogP contribution >= 0.6 is 0 Å². The topological polar surface area (TPSA) is 42.4 Å². The van der Waals surface area contributed by atoms with Crippen LogP contribution < -0.4 is 4.74 Å². The summed E-state index contributed by atoms with van der Waals surface area (Å²) in [6.07, 6.45) is -4.09. The first-order chi connectivity index (χ1) is 7.42. The average molecular weight is 235 g/mol. The van der Waals surface area contributed by atoms with Crippen LogP contribution in [0.3, 0.4) is 0 Å². The van der Waals surface area contributed by atoms with Crippen molar-refractivity contribution in [2.75, 3.05) is 7.11 Å². The standard InChI is InChI=1S/C10H12F3NO2/c1-16-8-4-7(5-14-6-8)9(15)2-3-10(11,12)13/h4-6,9,15H,2-3H2,1H3. The van der Waals surface area contributed by atoms with Crippen LogP contribution in [0.15, 0.2) is 18.5 Å². The molecular weight excluding hydrogens is 223 g/mol. The number of ether oxygens (including phenoxy) is 1. The largest absolute Gasteiger partial charge is 0.495 e. The molecule has 1 aromatic heterocycles. The Morgan fingerprint density at radius 2 is 2.12 bits per heavy atom. The zero-order valence-electron chi connectivity index (χ0n) is 8.66. The lowest BCUT2D eigenvalue weighted by atomic mass is 10.1. The molecule has 6 heteroatoms. The van der Waals surface area contributed by atoms with Crippen LogP contribution in [-0.2, 0) is 0 Å². The summed E-state index contributed by atoms with van der Waals surface area (Å²) in [6.45, 7) is 0. The Labute approximate surface area is 90.9 Å². The van der Waals surface area contributed by atoms with Gasteiger partial charge < -0.3 is 9.84 Å². The van der Waals surface area contributed by atoms with Crippen molar-refractivity contribution in [3.05, 3.63) is 24.0 Å². The minimum absolute atomic E-state index is 0.323. The maximum atomic E-state index is 11.9. The molecule has 0 fully saturated rings. The third-order valence-electron chi connectivity index (χ3n) is 2.06. The first-order valence-corrected chi connectivity index (χ1v) is 4.66. The highest BCUT2D eigenvalue weighted by molar-refractivity contribution is 5.24. The molecule has 0 saturated carbocycles. The van der Waals surface area contributed by atoms with Gasteiger partial charge in [-0.1, -0.05) is 0 Å². The van der Waals surface area contributed by atoms with Crippen LogP contribution in [0.1, 0.15) is 24.5 Å². The maximum Gasteiger partial charge on any atom is 0.389 e. The van der Waals surface area contributed by atoms with Crippen LogP contribution in [0.2, 0.25) is 0 Å². The fourth-order valence-corrected chi connectivity index (χ4v) is 1.20. The Morgan fingerprint density at radius 1 is 1.44 bits per heavy atom. The Hall–Kier alpha value is -1.30. The number of aromatic nitrogens is 1. The van der Waals surface area contributed by atoms with E-state index in [4.69, 9.17) is 4.74 Å². The second-order valence-corrected chi connectivity index (χ2v) is 3.33. The van der Waals surface area contributed by atoms with Gasteiger partial charge >= 0.3 is 6.18 Å². The number of halogens is 3. The average Bonchev–Trinajstić information content (AvgIpc) is 2.25. The summed E-state index contributed by atoms with van der Waals surface area (Å²) >= 11 is 0. The summed E-state index contributed by atoms with van der Waals surface area (Å²) in [5.74, 6) is 0.406. The van der Waals surface area contributed by atoms with Gasteiger partial charge in [0.25, 0.3) is 0 Å². The van der Waals surface area contributed by atoms with Gasteiger partial charge in [0.05, 0.1) is 19.4 Å². The van der Waals surface area contributed by atoms with Crippen molar-refractivity contribution >= 4 is 0 Å². The minimum Gasteiger partial charge on any atom is -0.495 e. The van der Waals surface area contributed by atoms with Crippen molar-refractivity contribution in [3.8, 4) is 5.75 Å². The minimum atomic E-state index is -4.26.